The number of piperazine rings is 1. The van der Waals surface area contributed by atoms with Crippen LogP contribution in [0.4, 0.5) is 0 Å². The van der Waals surface area contributed by atoms with Gasteiger partial charge >= 0.3 is 0 Å². The smallest absolute Gasteiger partial charge is 0.224 e. The predicted octanol–water partition coefficient (Wildman–Crippen LogP) is -0.0643. The van der Waals surface area contributed by atoms with Gasteiger partial charge in [0.15, 0.2) is 0 Å². The van der Waals surface area contributed by atoms with Gasteiger partial charge in [0.2, 0.25) is 5.91 Å². The summed E-state index contributed by atoms with van der Waals surface area (Å²) in [5.41, 5.74) is 5.31. The molecule has 1 aliphatic carbocycles. The van der Waals surface area contributed by atoms with Crippen molar-refractivity contribution in [2.75, 3.05) is 26.2 Å². The number of nitrogens with zero attached hydrogens (tertiary/aromatic N) is 1. The first-order valence-corrected chi connectivity index (χ1v) is 5.88. The van der Waals surface area contributed by atoms with Crippen LogP contribution in [0, 0.1) is 5.41 Å². The summed E-state index contributed by atoms with van der Waals surface area (Å²) >= 11 is 0. The lowest BCUT2D eigenvalue weighted by atomic mass is 9.68. The number of carbonyl (C=O) groups is 1. The standard InChI is InChI=1S/C11H21N3O/c1-9-7-14(6-5-13-9)8-11(10(12)15)3-2-4-11/h9,13H,2-8H2,1H3,(H2,12,15)/t9-/m1/s1. The Balaban J connectivity index is 1.92. The molecule has 4 heteroatoms. The Kier molecular flexibility index (Phi) is 2.98. The second-order valence-electron chi connectivity index (χ2n) is 5.09. The fourth-order valence-corrected chi connectivity index (χ4v) is 2.67. The van der Waals surface area contributed by atoms with E-state index in [4.69, 9.17) is 5.73 Å². The zero-order chi connectivity index (χ0) is 10.9. The predicted molar refractivity (Wildman–Crippen MR) is 59.4 cm³/mol. The van der Waals surface area contributed by atoms with Gasteiger partial charge in [-0.2, -0.15) is 0 Å². The lowest BCUT2D eigenvalue weighted by molar-refractivity contribution is -0.134. The normalized spacial score (nSPS) is 30.9. The van der Waals surface area contributed by atoms with Crippen LogP contribution in [-0.2, 0) is 4.79 Å². The highest BCUT2D eigenvalue weighted by Gasteiger charge is 2.44. The lowest BCUT2D eigenvalue weighted by Gasteiger charge is -2.44. The quantitative estimate of drug-likeness (QED) is 0.687. The minimum Gasteiger partial charge on any atom is -0.369 e. The average molecular weight is 211 g/mol. The van der Waals surface area contributed by atoms with Crippen molar-refractivity contribution in [1.29, 1.82) is 0 Å². The number of amides is 1. The van der Waals surface area contributed by atoms with Gasteiger partial charge in [0.05, 0.1) is 5.41 Å². The Morgan fingerprint density at radius 2 is 2.33 bits per heavy atom. The summed E-state index contributed by atoms with van der Waals surface area (Å²) < 4.78 is 0. The van der Waals surface area contributed by atoms with Gasteiger partial charge in [-0.15, -0.1) is 0 Å². The van der Waals surface area contributed by atoms with Crippen molar-refractivity contribution in [1.82, 2.24) is 10.2 Å². The number of carbonyl (C=O) groups excluding carboxylic acids is 1. The number of rotatable bonds is 3. The van der Waals surface area contributed by atoms with Crippen molar-refractivity contribution in [2.24, 2.45) is 11.1 Å². The van der Waals surface area contributed by atoms with E-state index >= 15 is 0 Å². The van der Waals surface area contributed by atoms with Gasteiger partial charge < -0.3 is 11.1 Å². The summed E-state index contributed by atoms with van der Waals surface area (Å²) in [6, 6.07) is 0.531. The third-order valence-corrected chi connectivity index (χ3v) is 3.81. The van der Waals surface area contributed by atoms with Crippen LogP contribution in [0.5, 0.6) is 0 Å². The molecule has 1 saturated heterocycles. The van der Waals surface area contributed by atoms with E-state index in [1.54, 1.807) is 0 Å². The highest BCUT2D eigenvalue weighted by atomic mass is 16.1. The Bertz CT molecular complexity index is 250. The first-order valence-electron chi connectivity index (χ1n) is 5.88. The number of primary amides is 1. The molecule has 0 radical (unpaired) electrons. The summed E-state index contributed by atoms with van der Waals surface area (Å²) in [6.07, 6.45) is 3.13. The number of nitrogens with one attached hydrogen (secondary N) is 1. The van der Waals surface area contributed by atoms with Crippen molar-refractivity contribution < 1.29 is 4.79 Å². The fourth-order valence-electron chi connectivity index (χ4n) is 2.67. The molecular formula is C11H21N3O. The van der Waals surface area contributed by atoms with Crippen molar-refractivity contribution in [3.63, 3.8) is 0 Å². The van der Waals surface area contributed by atoms with E-state index < -0.39 is 0 Å². The van der Waals surface area contributed by atoms with Crippen molar-refractivity contribution >= 4 is 5.91 Å². The van der Waals surface area contributed by atoms with E-state index in [-0.39, 0.29) is 11.3 Å². The molecule has 0 aromatic carbocycles. The second kappa shape index (κ2) is 4.10. The monoisotopic (exact) mass is 211 g/mol. The maximum atomic E-state index is 11.4. The molecule has 4 nitrogen and oxygen atoms in total. The Morgan fingerprint density at radius 3 is 2.80 bits per heavy atom. The second-order valence-corrected chi connectivity index (χ2v) is 5.09. The molecule has 1 atom stereocenters. The summed E-state index contributed by atoms with van der Waals surface area (Å²) in [5, 5.41) is 3.41. The molecule has 1 saturated carbocycles. The zero-order valence-electron chi connectivity index (χ0n) is 9.46. The highest BCUT2D eigenvalue weighted by molar-refractivity contribution is 5.82. The molecule has 0 aromatic rings. The molecule has 0 aromatic heterocycles. The minimum absolute atomic E-state index is 0.0973. The van der Waals surface area contributed by atoms with Crippen LogP contribution in [0.3, 0.4) is 0 Å². The Morgan fingerprint density at radius 1 is 1.60 bits per heavy atom. The topological polar surface area (TPSA) is 58.4 Å². The largest absolute Gasteiger partial charge is 0.369 e. The van der Waals surface area contributed by atoms with E-state index in [9.17, 15) is 4.79 Å². The average Bonchev–Trinajstić information content (AvgIpc) is 2.11. The molecular weight excluding hydrogens is 190 g/mol. The Hall–Kier alpha value is -0.610. The van der Waals surface area contributed by atoms with Crippen molar-refractivity contribution in [3.8, 4) is 0 Å². The molecule has 3 N–H and O–H groups in total. The molecule has 1 amide bonds. The maximum Gasteiger partial charge on any atom is 0.224 e. The molecule has 1 heterocycles. The minimum atomic E-state index is -0.197. The zero-order valence-corrected chi connectivity index (χ0v) is 9.46. The first kappa shape index (κ1) is 10.9. The molecule has 0 bridgehead atoms. The number of nitrogens with two attached hydrogens (primary N) is 1. The van der Waals surface area contributed by atoms with Gasteiger partial charge in [-0.1, -0.05) is 6.42 Å². The van der Waals surface area contributed by atoms with Crippen LogP contribution < -0.4 is 11.1 Å². The van der Waals surface area contributed by atoms with E-state index in [0.717, 1.165) is 45.4 Å². The van der Waals surface area contributed by atoms with Crippen LogP contribution in [0.15, 0.2) is 0 Å². The van der Waals surface area contributed by atoms with Crippen LogP contribution in [0.25, 0.3) is 0 Å². The van der Waals surface area contributed by atoms with Crippen LogP contribution >= 0.6 is 0 Å². The van der Waals surface area contributed by atoms with Crippen LogP contribution in [0.2, 0.25) is 0 Å². The van der Waals surface area contributed by atoms with E-state index in [1.807, 2.05) is 0 Å². The summed E-state index contributed by atoms with van der Waals surface area (Å²) in [4.78, 5) is 13.8. The summed E-state index contributed by atoms with van der Waals surface area (Å²) in [7, 11) is 0. The van der Waals surface area contributed by atoms with Crippen LogP contribution in [-0.4, -0.2) is 43.0 Å². The van der Waals surface area contributed by atoms with Gasteiger partial charge in [-0.25, -0.2) is 0 Å². The summed E-state index contributed by atoms with van der Waals surface area (Å²) in [6.45, 7) is 6.16. The van der Waals surface area contributed by atoms with Gasteiger partial charge in [-0.3, -0.25) is 9.69 Å². The Labute approximate surface area is 91.2 Å². The molecule has 86 valence electrons. The molecule has 0 spiro atoms. The number of hydrogen-bond donors (Lipinski definition) is 2. The fraction of sp³-hybridized carbons (Fsp3) is 0.909. The number of hydrogen-bond acceptors (Lipinski definition) is 3. The van der Waals surface area contributed by atoms with Crippen molar-refractivity contribution in [2.45, 2.75) is 32.2 Å². The summed E-state index contributed by atoms with van der Waals surface area (Å²) in [5.74, 6) is -0.0973. The van der Waals surface area contributed by atoms with Gasteiger partial charge in [0, 0.05) is 32.2 Å². The first-order chi connectivity index (χ1) is 7.12. The van der Waals surface area contributed by atoms with E-state index in [0.29, 0.717) is 6.04 Å². The van der Waals surface area contributed by atoms with Gasteiger partial charge in [-0.05, 0) is 19.8 Å². The third kappa shape index (κ3) is 2.16. The molecule has 2 rings (SSSR count). The van der Waals surface area contributed by atoms with E-state index in [2.05, 4.69) is 17.1 Å². The molecule has 1 aliphatic heterocycles. The lowest BCUT2D eigenvalue weighted by Crippen LogP contribution is -2.56. The van der Waals surface area contributed by atoms with Gasteiger partial charge in [0.1, 0.15) is 0 Å². The van der Waals surface area contributed by atoms with Gasteiger partial charge in [0.25, 0.3) is 0 Å². The molecule has 2 fully saturated rings. The molecule has 15 heavy (non-hydrogen) atoms. The van der Waals surface area contributed by atoms with Crippen molar-refractivity contribution in [3.05, 3.63) is 0 Å². The van der Waals surface area contributed by atoms with Crippen LogP contribution in [0.1, 0.15) is 26.2 Å². The SMILES string of the molecule is C[C@@H]1CN(CC2(C(N)=O)CCC2)CCN1. The molecule has 0 unspecified atom stereocenters. The third-order valence-electron chi connectivity index (χ3n) is 3.81. The molecule has 2 aliphatic rings. The highest BCUT2D eigenvalue weighted by Crippen LogP contribution is 2.41. The maximum absolute atomic E-state index is 11.4. The van der Waals surface area contributed by atoms with E-state index in [1.165, 1.54) is 0 Å².